The number of likely N-dealkylation sites (N-methyl/N-ethyl adjacent to an activating group) is 1. The highest BCUT2D eigenvalue weighted by Crippen LogP contribution is 2.23. The minimum absolute atomic E-state index is 0.0886. The highest BCUT2D eigenvalue weighted by atomic mass is 16.5. The predicted octanol–water partition coefficient (Wildman–Crippen LogP) is 2.34. The van der Waals surface area contributed by atoms with Crippen LogP contribution in [0.15, 0.2) is 30.3 Å². The summed E-state index contributed by atoms with van der Waals surface area (Å²) < 4.78 is 5.65. The molecule has 0 atom stereocenters. The Hall–Kier alpha value is -3.16. The zero-order valence-electron chi connectivity index (χ0n) is 19.0. The standard InChI is InChI=1S/C23H31N5O3/c1-16(2)22-24-17(3)14-20(25-22)27-10-12-28(13-11-27)23(30)18-8-6-7-9-19(18)31-15-21(29)26(4)5/h6-9,14,16H,10-13,15H2,1-5H3. The van der Waals surface area contributed by atoms with Crippen molar-refractivity contribution in [2.75, 3.05) is 51.8 Å². The fourth-order valence-corrected chi connectivity index (χ4v) is 3.34. The summed E-state index contributed by atoms with van der Waals surface area (Å²) in [6.45, 7) is 8.62. The number of carbonyl (C=O) groups excluding carboxylic acids is 2. The molecule has 2 aromatic rings. The van der Waals surface area contributed by atoms with E-state index >= 15 is 0 Å². The van der Waals surface area contributed by atoms with Crippen molar-refractivity contribution in [2.45, 2.75) is 26.7 Å². The Morgan fingerprint density at radius 3 is 2.42 bits per heavy atom. The molecule has 3 rings (SSSR count). The Morgan fingerprint density at radius 1 is 1.10 bits per heavy atom. The van der Waals surface area contributed by atoms with Gasteiger partial charge in [-0.25, -0.2) is 9.97 Å². The summed E-state index contributed by atoms with van der Waals surface area (Å²) in [4.78, 5) is 39.7. The maximum absolute atomic E-state index is 13.1. The van der Waals surface area contributed by atoms with Crippen LogP contribution < -0.4 is 9.64 Å². The second kappa shape index (κ2) is 9.76. The molecule has 0 unspecified atom stereocenters. The molecule has 1 fully saturated rings. The average molecular weight is 426 g/mol. The van der Waals surface area contributed by atoms with Crippen molar-refractivity contribution in [2.24, 2.45) is 0 Å². The Kier molecular flexibility index (Phi) is 7.09. The number of piperazine rings is 1. The van der Waals surface area contributed by atoms with Gasteiger partial charge in [0.05, 0.1) is 5.56 Å². The highest BCUT2D eigenvalue weighted by Gasteiger charge is 2.25. The van der Waals surface area contributed by atoms with Crippen LogP contribution in [0.5, 0.6) is 5.75 Å². The SMILES string of the molecule is Cc1cc(N2CCN(C(=O)c3ccccc3OCC(=O)N(C)C)CC2)nc(C(C)C)n1. The van der Waals surface area contributed by atoms with Gasteiger partial charge in [-0.1, -0.05) is 26.0 Å². The van der Waals surface area contributed by atoms with E-state index in [9.17, 15) is 9.59 Å². The van der Waals surface area contributed by atoms with E-state index in [1.807, 2.05) is 17.9 Å². The number of carbonyl (C=O) groups is 2. The molecule has 8 heteroatoms. The van der Waals surface area contributed by atoms with Crippen molar-refractivity contribution < 1.29 is 14.3 Å². The zero-order chi connectivity index (χ0) is 22.5. The van der Waals surface area contributed by atoms with Crippen molar-refractivity contribution in [3.05, 3.63) is 47.4 Å². The normalized spacial score (nSPS) is 14.0. The van der Waals surface area contributed by atoms with E-state index in [-0.39, 0.29) is 24.3 Å². The van der Waals surface area contributed by atoms with Gasteiger partial charge in [0.1, 0.15) is 17.4 Å². The molecule has 1 aliphatic heterocycles. The largest absolute Gasteiger partial charge is 0.483 e. The van der Waals surface area contributed by atoms with Crippen molar-refractivity contribution in [1.29, 1.82) is 0 Å². The summed E-state index contributed by atoms with van der Waals surface area (Å²) in [7, 11) is 3.34. The fraction of sp³-hybridized carbons (Fsp3) is 0.478. The van der Waals surface area contributed by atoms with E-state index in [0.29, 0.717) is 37.5 Å². The van der Waals surface area contributed by atoms with Crippen molar-refractivity contribution in [3.8, 4) is 5.75 Å². The molecule has 0 radical (unpaired) electrons. The van der Waals surface area contributed by atoms with Crippen LogP contribution in [0.2, 0.25) is 0 Å². The van der Waals surface area contributed by atoms with Crippen LogP contribution in [0.25, 0.3) is 0 Å². The quantitative estimate of drug-likeness (QED) is 0.707. The lowest BCUT2D eigenvalue weighted by molar-refractivity contribution is -0.130. The Labute approximate surface area is 183 Å². The molecule has 0 saturated carbocycles. The predicted molar refractivity (Wildman–Crippen MR) is 120 cm³/mol. The summed E-state index contributed by atoms with van der Waals surface area (Å²) in [5.74, 6) is 2.20. The lowest BCUT2D eigenvalue weighted by Gasteiger charge is -2.36. The van der Waals surface area contributed by atoms with Gasteiger partial charge in [-0.15, -0.1) is 0 Å². The van der Waals surface area contributed by atoms with Crippen LogP contribution >= 0.6 is 0 Å². The maximum Gasteiger partial charge on any atom is 0.259 e. The molecule has 1 saturated heterocycles. The van der Waals surface area contributed by atoms with Gasteiger partial charge in [0.2, 0.25) is 0 Å². The first-order valence-electron chi connectivity index (χ1n) is 10.6. The topological polar surface area (TPSA) is 78.9 Å². The molecule has 2 amide bonds. The minimum Gasteiger partial charge on any atom is -0.483 e. The number of anilines is 1. The van der Waals surface area contributed by atoms with E-state index in [0.717, 1.165) is 17.3 Å². The monoisotopic (exact) mass is 425 g/mol. The summed E-state index contributed by atoms with van der Waals surface area (Å²) in [6, 6.07) is 9.07. The number of benzene rings is 1. The molecule has 31 heavy (non-hydrogen) atoms. The van der Waals surface area contributed by atoms with Crippen molar-refractivity contribution >= 4 is 17.6 Å². The van der Waals surface area contributed by atoms with Gasteiger partial charge in [0.25, 0.3) is 11.8 Å². The molecule has 8 nitrogen and oxygen atoms in total. The molecule has 0 spiro atoms. The fourth-order valence-electron chi connectivity index (χ4n) is 3.34. The van der Waals surface area contributed by atoms with Gasteiger partial charge in [0.15, 0.2) is 6.61 Å². The Morgan fingerprint density at radius 2 is 1.77 bits per heavy atom. The number of aromatic nitrogens is 2. The number of hydrogen-bond donors (Lipinski definition) is 0. The number of amides is 2. The van der Waals surface area contributed by atoms with Gasteiger partial charge >= 0.3 is 0 Å². The van der Waals surface area contributed by atoms with Crippen molar-refractivity contribution in [3.63, 3.8) is 0 Å². The van der Waals surface area contributed by atoms with E-state index in [1.165, 1.54) is 4.90 Å². The van der Waals surface area contributed by atoms with Gasteiger partial charge in [-0.3, -0.25) is 9.59 Å². The molecular formula is C23H31N5O3. The van der Waals surface area contributed by atoms with Crippen LogP contribution in [0.3, 0.4) is 0 Å². The minimum atomic E-state index is -0.156. The first-order chi connectivity index (χ1) is 14.8. The van der Waals surface area contributed by atoms with Crippen LogP contribution in [0.1, 0.15) is 41.6 Å². The molecule has 1 aliphatic rings. The van der Waals surface area contributed by atoms with E-state index < -0.39 is 0 Å². The molecular weight excluding hydrogens is 394 g/mol. The van der Waals surface area contributed by atoms with Crippen LogP contribution in [-0.2, 0) is 4.79 Å². The van der Waals surface area contributed by atoms with Crippen LogP contribution in [0, 0.1) is 6.92 Å². The molecule has 0 bridgehead atoms. The van der Waals surface area contributed by atoms with Crippen molar-refractivity contribution in [1.82, 2.24) is 19.8 Å². The first kappa shape index (κ1) is 22.5. The van der Waals surface area contributed by atoms with Gasteiger partial charge < -0.3 is 19.4 Å². The van der Waals surface area contributed by atoms with Crippen LogP contribution in [-0.4, -0.2) is 78.5 Å². The summed E-state index contributed by atoms with van der Waals surface area (Å²) in [5, 5.41) is 0. The third-order valence-corrected chi connectivity index (χ3v) is 5.23. The van der Waals surface area contributed by atoms with E-state index in [4.69, 9.17) is 9.72 Å². The number of para-hydroxylation sites is 1. The molecule has 166 valence electrons. The molecule has 0 aliphatic carbocycles. The zero-order valence-corrected chi connectivity index (χ0v) is 19.0. The summed E-state index contributed by atoms with van der Waals surface area (Å²) in [6.07, 6.45) is 0. The number of aryl methyl sites for hydroxylation is 1. The Balaban J connectivity index is 1.67. The first-order valence-corrected chi connectivity index (χ1v) is 10.6. The Bertz CT molecular complexity index is 937. The summed E-state index contributed by atoms with van der Waals surface area (Å²) in [5.41, 5.74) is 1.42. The second-order valence-corrected chi connectivity index (χ2v) is 8.23. The number of nitrogens with zero attached hydrogens (tertiary/aromatic N) is 5. The van der Waals surface area contributed by atoms with Crippen LogP contribution in [0.4, 0.5) is 5.82 Å². The maximum atomic E-state index is 13.1. The highest BCUT2D eigenvalue weighted by molar-refractivity contribution is 5.97. The molecule has 1 aromatic carbocycles. The second-order valence-electron chi connectivity index (χ2n) is 8.23. The van der Waals surface area contributed by atoms with Gasteiger partial charge in [-0.2, -0.15) is 0 Å². The third kappa shape index (κ3) is 5.51. The third-order valence-electron chi connectivity index (χ3n) is 5.23. The van der Waals surface area contributed by atoms with E-state index in [1.54, 1.807) is 38.4 Å². The van der Waals surface area contributed by atoms with Gasteiger partial charge in [0, 0.05) is 58.0 Å². The lowest BCUT2D eigenvalue weighted by Crippen LogP contribution is -2.49. The lowest BCUT2D eigenvalue weighted by atomic mass is 10.1. The molecule has 2 heterocycles. The number of ether oxygens (including phenoxy) is 1. The number of hydrogen-bond acceptors (Lipinski definition) is 6. The summed E-state index contributed by atoms with van der Waals surface area (Å²) >= 11 is 0. The smallest absolute Gasteiger partial charge is 0.259 e. The average Bonchev–Trinajstić information content (AvgIpc) is 2.76. The molecule has 0 N–H and O–H groups in total. The number of rotatable bonds is 6. The molecule has 1 aromatic heterocycles. The van der Waals surface area contributed by atoms with Gasteiger partial charge in [-0.05, 0) is 19.1 Å². The van der Waals surface area contributed by atoms with E-state index in [2.05, 4.69) is 23.7 Å².